The van der Waals surface area contributed by atoms with Gasteiger partial charge in [0, 0.05) is 49.5 Å². The summed E-state index contributed by atoms with van der Waals surface area (Å²) in [5.74, 6) is 0.523. The number of para-hydroxylation sites is 1. The van der Waals surface area contributed by atoms with Gasteiger partial charge in [0.2, 0.25) is 0 Å². The third-order valence-electron chi connectivity index (χ3n) is 7.81. The van der Waals surface area contributed by atoms with Gasteiger partial charge < -0.3 is 14.5 Å². The highest BCUT2D eigenvalue weighted by atomic mass is 19.1. The van der Waals surface area contributed by atoms with Crippen LogP contribution in [-0.4, -0.2) is 55.5 Å². The van der Waals surface area contributed by atoms with Gasteiger partial charge in [0.25, 0.3) is 5.91 Å². The number of methoxy groups -OCH3 is 1. The fraction of sp³-hybridized carbons (Fsp3) is 0.300. The van der Waals surface area contributed by atoms with Crippen LogP contribution in [0.3, 0.4) is 0 Å². The van der Waals surface area contributed by atoms with E-state index in [2.05, 4.69) is 34.1 Å². The van der Waals surface area contributed by atoms with Gasteiger partial charge in [0.1, 0.15) is 11.6 Å². The molecule has 1 aliphatic carbocycles. The van der Waals surface area contributed by atoms with Crippen molar-refractivity contribution in [1.29, 1.82) is 0 Å². The minimum atomic E-state index is -0.202. The lowest BCUT2D eigenvalue weighted by molar-refractivity contribution is 0.0531. The van der Waals surface area contributed by atoms with E-state index in [1.54, 1.807) is 19.2 Å². The van der Waals surface area contributed by atoms with Gasteiger partial charge in [-0.05, 0) is 60.4 Å². The number of rotatable bonds is 5. The molecule has 6 heteroatoms. The monoisotopic (exact) mass is 483 g/mol. The fourth-order valence-corrected chi connectivity index (χ4v) is 5.71. The topological polar surface area (TPSA) is 36.0 Å². The largest absolute Gasteiger partial charge is 0.495 e. The Morgan fingerprint density at radius 2 is 1.67 bits per heavy atom. The fourth-order valence-electron chi connectivity index (χ4n) is 5.71. The average molecular weight is 484 g/mol. The van der Waals surface area contributed by atoms with Crippen molar-refractivity contribution in [2.45, 2.75) is 18.4 Å². The average Bonchev–Trinajstić information content (AvgIpc) is 3.74. The Morgan fingerprint density at radius 3 is 2.39 bits per heavy atom. The zero-order chi connectivity index (χ0) is 24.7. The molecule has 1 saturated heterocycles. The first-order chi connectivity index (χ1) is 17.6. The van der Waals surface area contributed by atoms with Gasteiger partial charge >= 0.3 is 0 Å². The smallest absolute Gasteiger partial charge is 0.254 e. The highest BCUT2D eigenvalue weighted by Gasteiger charge is 2.50. The van der Waals surface area contributed by atoms with E-state index in [0.717, 1.165) is 49.4 Å². The summed E-state index contributed by atoms with van der Waals surface area (Å²) in [6.07, 6.45) is 6.44. The third-order valence-corrected chi connectivity index (χ3v) is 7.81. The molecule has 0 N–H and O–H groups in total. The van der Waals surface area contributed by atoms with Crippen molar-refractivity contribution in [3.05, 3.63) is 95.3 Å². The molecule has 2 aliphatic heterocycles. The number of fused-ring (bicyclic) bond motifs is 1. The zero-order valence-electron chi connectivity index (χ0n) is 20.5. The van der Waals surface area contributed by atoms with E-state index in [9.17, 15) is 9.18 Å². The molecule has 5 nitrogen and oxygen atoms in total. The number of carbonyl (C=O) groups is 1. The van der Waals surface area contributed by atoms with Crippen LogP contribution in [0.2, 0.25) is 0 Å². The molecule has 0 spiro atoms. The predicted octanol–water partition coefficient (Wildman–Crippen LogP) is 5.45. The van der Waals surface area contributed by atoms with Crippen molar-refractivity contribution in [2.24, 2.45) is 0 Å². The molecule has 0 bridgehead atoms. The number of ether oxygens (including phenoxy) is 1. The van der Waals surface area contributed by atoms with Gasteiger partial charge in [-0.2, -0.15) is 0 Å². The summed E-state index contributed by atoms with van der Waals surface area (Å²) in [6, 6.07) is 21.0. The molecule has 0 aromatic heterocycles. The second kappa shape index (κ2) is 9.10. The summed E-state index contributed by atoms with van der Waals surface area (Å²) in [7, 11) is 1.65. The van der Waals surface area contributed by atoms with E-state index in [0.29, 0.717) is 24.4 Å². The summed E-state index contributed by atoms with van der Waals surface area (Å²) in [4.78, 5) is 20.0. The maximum Gasteiger partial charge on any atom is 0.254 e. The van der Waals surface area contributed by atoms with Crippen LogP contribution < -0.4 is 9.64 Å². The lowest BCUT2D eigenvalue weighted by atomic mass is 10.0. The molecular formula is C30H30FN3O2. The van der Waals surface area contributed by atoms with Gasteiger partial charge in [0.05, 0.1) is 12.8 Å². The van der Waals surface area contributed by atoms with Crippen LogP contribution in [0.25, 0.3) is 6.08 Å². The molecule has 184 valence electrons. The van der Waals surface area contributed by atoms with Gasteiger partial charge in [-0.25, -0.2) is 4.39 Å². The Labute approximate surface area is 211 Å². The number of hydrogen-bond donors (Lipinski definition) is 0. The van der Waals surface area contributed by atoms with E-state index in [4.69, 9.17) is 4.74 Å². The van der Waals surface area contributed by atoms with Crippen LogP contribution in [0.15, 0.2) is 72.8 Å². The highest BCUT2D eigenvalue weighted by molar-refractivity contribution is 5.96. The van der Waals surface area contributed by atoms with Crippen LogP contribution in [0, 0.1) is 5.82 Å². The molecule has 3 aromatic carbocycles. The SMILES string of the molecule is COc1cc(C(=O)N2CCN(C3(c4ccc(F)cc4)CC3)CC2)ccc1N1CC=Cc2ccccc21. The van der Waals surface area contributed by atoms with E-state index < -0.39 is 0 Å². The molecule has 2 fully saturated rings. The lowest BCUT2D eigenvalue weighted by Crippen LogP contribution is -2.52. The van der Waals surface area contributed by atoms with Gasteiger partial charge in [-0.1, -0.05) is 42.5 Å². The molecule has 1 saturated carbocycles. The molecule has 2 heterocycles. The van der Waals surface area contributed by atoms with Crippen LogP contribution in [0.5, 0.6) is 5.75 Å². The first-order valence-corrected chi connectivity index (χ1v) is 12.6. The molecule has 3 aromatic rings. The van der Waals surface area contributed by atoms with Crippen molar-refractivity contribution >= 4 is 23.4 Å². The standard InChI is InChI=1S/C30H30FN3O2/c1-36-28-21-23(8-13-27(28)34-16-4-6-22-5-2-3-7-26(22)34)29(35)32-17-19-33(20-18-32)30(14-15-30)24-9-11-25(31)12-10-24/h2-13,21H,14-20H2,1H3. The Kier molecular flexibility index (Phi) is 5.76. The number of anilines is 2. The predicted molar refractivity (Wildman–Crippen MR) is 140 cm³/mol. The van der Waals surface area contributed by atoms with Crippen LogP contribution >= 0.6 is 0 Å². The van der Waals surface area contributed by atoms with E-state index >= 15 is 0 Å². The van der Waals surface area contributed by atoms with Gasteiger partial charge in [-0.3, -0.25) is 9.69 Å². The summed E-state index contributed by atoms with van der Waals surface area (Å²) in [5, 5.41) is 0. The number of nitrogens with zero attached hydrogens (tertiary/aromatic N) is 3. The van der Waals surface area contributed by atoms with E-state index in [1.165, 1.54) is 5.56 Å². The molecule has 0 unspecified atom stereocenters. The number of piperazine rings is 1. The summed E-state index contributed by atoms with van der Waals surface area (Å²) < 4.78 is 19.2. The molecule has 1 amide bonds. The van der Waals surface area contributed by atoms with Crippen molar-refractivity contribution in [1.82, 2.24) is 9.80 Å². The van der Waals surface area contributed by atoms with E-state index in [1.807, 2.05) is 47.4 Å². The number of hydrogen-bond acceptors (Lipinski definition) is 4. The van der Waals surface area contributed by atoms with Crippen molar-refractivity contribution < 1.29 is 13.9 Å². The van der Waals surface area contributed by atoms with Crippen molar-refractivity contribution in [2.75, 3.05) is 44.7 Å². The Morgan fingerprint density at radius 1 is 0.917 bits per heavy atom. The maximum absolute atomic E-state index is 13.4. The van der Waals surface area contributed by atoms with Crippen molar-refractivity contribution in [3.8, 4) is 5.75 Å². The first-order valence-electron chi connectivity index (χ1n) is 12.6. The number of carbonyl (C=O) groups excluding carboxylic acids is 1. The summed E-state index contributed by atoms with van der Waals surface area (Å²) >= 11 is 0. The molecule has 0 radical (unpaired) electrons. The first kappa shape index (κ1) is 22.8. The van der Waals surface area contributed by atoms with Gasteiger partial charge in [-0.15, -0.1) is 0 Å². The van der Waals surface area contributed by atoms with E-state index in [-0.39, 0.29) is 17.3 Å². The normalized spacial score (nSPS) is 18.6. The quantitative estimate of drug-likeness (QED) is 0.484. The number of halogens is 1. The molecule has 3 aliphatic rings. The Bertz CT molecular complexity index is 1310. The van der Waals surface area contributed by atoms with Gasteiger partial charge in [0.15, 0.2) is 0 Å². The Hall–Kier alpha value is -3.64. The number of amides is 1. The van der Waals surface area contributed by atoms with Crippen LogP contribution in [0.1, 0.15) is 34.3 Å². The zero-order valence-corrected chi connectivity index (χ0v) is 20.5. The maximum atomic E-state index is 13.4. The molecular weight excluding hydrogens is 453 g/mol. The molecule has 36 heavy (non-hydrogen) atoms. The highest BCUT2D eigenvalue weighted by Crippen LogP contribution is 2.51. The minimum absolute atomic E-state index is 0.00683. The van der Waals surface area contributed by atoms with Crippen molar-refractivity contribution in [3.63, 3.8) is 0 Å². The second-order valence-corrected chi connectivity index (χ2v) is 9.78. The summed E-state index contributed by atoms with van der Waals surface area (Å²) in [5.41, 5.74) is 5.07. The lowest BCUT2D eigenvalue weighted by Gasteiger charge is -2.40. The third kappa shape index (κ3) is 3.95. The molecule has 0 atom stereocenters. The molecule has 6 rings (SSSR count). The van der Waals surface area contributed by atoms with Crippen LogP contribution in [-0.2, 0) is 5.54 Å². The minimum Gasteiger partial charge on any atom is -0.495 e. The number of benzene rings is 3. The Balaban J connectivity index is 1.17. The second-order valence-electron chi connectivity index (χ2n) is 9.78. The summed E-state index contributed by atoms with van der Waals surface area (Å²) in [6.45, 7) is 3.73. The van der Waals surface area contributed by atoms with Crippen LogP contribution in [0.4, 0.5) is 15.8 Å².